The van der Waals surface area contributed by atoms with E-state index >= 15 is 0 Å². The van der Waals surface area contributed by atoms with E-state index in [1.54, 1.807) is 24.3 Å². The molecule has 1 aromatic carbocycles. The highest BCUT2D eigenvalue weighted by Crippen LogP contribution is 2.19. The second kappa shape index (κ2) is 3.38. The zero-order chi connectivity index (χ0) is 9.97. The summed E-state index contributed by atoms with van der Waals surface area (Å²) in [4.78, 5) is 12.7. The van der Waals surface area contributed by atoms with E-state index in [2.05, 4.69) is 0 Å². The lowest BCUT2D eigenvalue weighted by Gasteiger charge is -2.11. The van der Waals surface area contributed by atoms with Crippen LogP contribution in [-0.2, 0) is 4.74 Å². The molecule has 1 amide bonds. The van der Waals surface area contributed by atoms with E-state index in [0.29, 0.717) is 24.4 Å². The lowest BCUT2D eigenvalue weighted by Crippen LogP contribution is -2.23. The average Bonchev–Trinajstić information content (AvgIpc) is 2.65. The molecule has 0 atom stereocenters. The summed E-state index contributed by atoms with van der Waals surface area (Å²) in [5.74, 6) is 0. The van der Waals surface area contributed by atoms with Crippen LogP contribution in [-0.4, -0.2) is 19.2 Å². The van der Waals surface area contributed by atoms with Gasteiger partial charge in [-0.25, -0.2) is 4.79 Å². The molecule has 4 heteroatoms. The smallest absolute Gasteiger partial charge is 0.414 e. The Labute approximate surface area is 81.3 Å². The number of cyclic esters (lactones) is 1. The van der Waals surface area contributed by atoms with Gasteiger partial charge in [-0.2, -0.15) is 5.26 Å². The van der Waals surface area contributed by atoms with Crippen LogP contribution in [0.2, 0.25) is 0 Å². The predicted octanol–water partition coefficient (Wildman–Crippen LogP) is 1.51. The Kier molecular flexibility index (Phi) is 2.07. The maximum Gasteiger partial charge on any atom is 0.414 e. The summed E-state index contributed by atoms with van der Waals surface area (Å²) in [5.41, 5.74) is 1.26. The standard InChI is InChI=1S/C10H8N2O2/c11-7-8-2-1-3-9(6-8)12-4-5-14-10(12)13/h1-3,6H,4-5H2. The third kappa shape index (κ3) is 1.40. The van der Waals surface area contributed by atoms with Gasteiger partial charge in [0, 0.05) is 5.69 Å². The number of anilines is 1. The number of carbonyl (C=O) groups is 1. The normalized spacial score (nSPS) is 15.1. The maximum atomic E-state index is 11.2. The summed E-state index contributed by atoms with van der Waals surface area (Å²) in [6.07, 6.45) is -0.347. The molecule has 0 bridgehead atoms. The molecular weight excluding hydrogens is 180 g/mol. The maximum absolute atomic E-state index is 11.2. The quantitative estimate of drug-likeness (QED) is 0.671. The Hall–Kier alpha value is -2.02. The Morgan fingerprint density at radius 3 is 3.00 bits per heavy atom. The molecule has 0 spiro atoms. The molecular formula is C10H8N2O2. The van der Waals surface area contributed by atoms with Gasteiger partial charge in [0.05, 0.1) is 18.2 Å². The minimum Gasteiger partial charge on any atom is -0.447 e. The lowest BCUT2D eigenvalue weighted by atomic mass is 10.2. The molecule has 1 aliphatic heterocycles. The fraction of sp³-hybridized carbons (Fsp3) is 0.200. The number of amides is 1. The highest BCUT2D eigenvalue weighted by atomic mass is 16.6. The van der Waals surface area contributed by atoms with Crippen LogP contribution in [0, 0.1) is 11.3 Å². The molecule has 1 fully saturated rings. The molecule has 0 radical (unpaired) electrons. The van der Waals surface area contributed by atoms with Crippen molar-refractivity contribution in [1.82, 2.24) is 0 Å². The Morgan fingerprint density at radius 2 is 2.36 bits per heavy atom. The zero-order valence-corrected chi connectivity index (χ0v) is 7.43. The van der Waals surface area contributed by atoms with E-state index in [9.17, 15) is 4.79 Å². The van der Waals surface area contributed by atoms with Gasteiger partial charge in [0.2, 0.25) is 0 Å². The second-order valence-corrected chi connectivity index (χ2v) is 2.93. The summed E-state index contributed by atoms with van der Waals surface area (Å²) in [5, 5.41) is 8.69. The highest BCUT2D eigenvalue weighted by Gasteiger charge is 2.23. The van der Waals surface area contributed by atoms with E-state index in [1.807, 2.05) is 6.07 Å². The molecule has 1 saturated heterocycles. The van der Waals surface area contributed by atoms with Crippen LogP contribution < -0.4 is 4.90 Å². The van der Waals surface area contributed by atoms with Crippen molar-refractivity contribution in [2.75, 3.05) is 18.1 Å². The Morgan fingerprint density at radius 1 is 1.50 bits per heavy atom. The van der Waals surface area contributed by atoms with Gasteiger partial charge in [0.15, 0.2) is 0 Å². The van der Waals surface area contributed by atoms with Crippen molar-refractivity contribution < 1.29 is 9.53 Å². The van der Waals surface area contributed by atoms with Crippen molar-refractivity contribution in [2.45, 2.75) is 0 Å². The molecule has 1 aliphatic rings. The summed E-state index contributed by atoms with van der Waals surface area (Å²) in [6, 6.07) is 8.93. The third-order valence-corrected chi connectivity index (χ3v) is 2.05. The van der Waals surface area contributed by atoms with Gasteiger partial charge in [-0.05, 0) is 18.2 Å². The monoisotopic (exact) mass is 188 g/mol. The largest absolute Gasteiger partial charge is 0.447 e. The van der Waals surface area contributed by atoms with Gasteiger partial charge in [-0.1, -0.05) is 6.07 Å². The second-order valence-electron chi connectivity index (χ2n) is 2.93. The number of benzene rings is 1. The van der Waals surface area contributed by atoms with Gasteiger partial charge in [0.1, 0.15) is 6.61 Å². The molecule has 1 heterocycles. The van der Waals surface area contributed by atoms with Crippen LogP contribution in [0.25, 0.3) is 0 Å². The number of nitrogens with zero attached hydrogens (tertiary/aromatic N) is 2. The molecule has 2 rings (SSSR count). The van der Waals surface area contributed by atoms with Crippen LogP contribution in [0.5, 0.6) is 0 Å². The van der Waals surface area contributed by atoms with Crippen LogP contribution in [0.1, 0.15) is 5.56 Å². The first-order valence-electron chi connectivity index (χ1n) is 4.26. The molecule has 4 nitrogen and oxygen atoms in total. The fourth-order valence-electron chi connectivity index (χ4n) is 1.37. The van der Waals surface area contributed by atoms with E-state index in [0.717, 1.165) is 0 Å². The van der Waals surface area contributed by atoms with Crippen molar-refractivity contribution in [1.29, 1.82) is 5.26 Å². The van der Waals surface area contributed by atoms with Crippen molar-refractivity contribution in [3.8, 4) is 6.07 Å². The summed E-state index contributed by atoms with van der Waals surface area (Å²) in [6.45, 7) is 0.962. The number of carbonyl (C=O) groups excluding carboxylic acids is 1. The predicted molar refractivity (Wildman–Crippen MR) is 49.9 cm³/mol. The topological polar surface area (TPSA) is 53.3 Å². The number of rotatable bonds is 1. The van der Waals surface area contributed by atoms with Crippen LogP contribution in [0.4, 0.5) is 10.5 Å². The highest BCUT2D eigenvalue weighted by molar-refractivity contribution is 5.89. The molecule has 14 heavy (non-hydrogen) atoms. The van der Waals surface area contributed by atoms with Crippen LogP contribution in [0.15, 0.2) is 24.3 Å². The van der Waals surface area contributed by atoms with E-state index in [1.165, 1.54) is 4.90 Å². The fourth-order valence-corrected chi connectivity index (χ4v) is 1.37. The van der Waals surface area contributed by atoms with Gasteiger partial charge in [-0.15, -0.1) is 0 Å². The molecule has 0 aromatic heterocycles. The van der Waals surface area contributed by atoms with Gasteiger partial charge < -0.3 is 4.74 Å². The van der Waals surface area contributed by atoms with E-state index < -0.39 is 0 Å². The molecule has 0 unspecified atom stereocenters. The third-order valence-electron chi connectivity index (χ3n) is 2.05. The Bertz CT molecular complexity index is 409. The summed E-state index contributed by atoms with van der Waals surface area (Å²) < 4.78 is 4.80. The zero-order valence-electron chi connectivity index (χ0n) is 7.43. The van der Waals surface area contributed by atoms with Crippen molar-refractivity contribution in [2.24, 2.45) is 0 Å². The number of hydrogen-bond donors (Lipinski definition) is 0. The first kappa shape index (κ1) is 8.57. The van der Waals surface area contributed by atoms with E-state index in [4.69, 9.17) is 10.00 Å². The summed E-state index contributed by atoms with van der Waals surface area (Å²) >= 11 is 0. The molecule has 1 aromatic rings. The van der Waals surface area contributed by atoms with Crippen molar-refractivity contribution in [3.05, 3.63) is 29.8 Å². The average molecular weight is 188 g/mol. The Balaban J connectivity index is 2.32. The van der Waals surface area contributed by atoms with Gasteiger partial charge >= 0.3 is 6.09 Å². The minimum absolute atomic E-state index is 0.347. The number of hydrogen-bond acceptors (Lipinski definition) is 3. The number of nitriles is 1. The van der Waals surface area contributed by atoms with E-state index in [-0.39, 0.29) is 6.09 Å². The van der Waals surface area contributed by atoms with Crippen LogP contribution in [0.3, 0.4) is 0 Å². The van der Waals surface area contributed by atoms with Crippen molar-refractivity contribution >= 4 is 11.8 Å². The van der Waals surface area contributed by atoms with Gasteiger partial charge in [0.25, 0.3) is 0 Å². The SMILES string of the molecule is N#Cc1cccc(N2CCOC2=O)c1. The lowest BCUT2D eigenvalue weighted by molar-refractivity contribution is 0.181. The first-order chi connectivity index (χ1) is 6.81. The molecule has 70 valence electrons. The van der Waals surface area contributed by atoms with Crippen molar-refractivity contribution in [3.63, 3.8) is 0 Å². The molecule has 0 saturated carbocycles. The number of ether oxygens (including phenoxy) is 1. The molecule has 0 N–H and O–H groups in total. The first-order valence-corrected chi connectivity index (χ1v) is 4.26. The summed E-state index contributed by atoms with van der Waals surface area (Å²) in [7, 11) is 0. The van der Waals surface area contributed by atoms with Crippen LogP contribution >= 0.6 is 0 Å². The molecule has 0 aliphatic carbocycles. The van der Waals surface area contributed by atoms with Gasteiger partial charge in [-0.3, -0.25) is 4.90 Å². The minimum atomic E-state index is -0.347.